The second-order valence-electron chi connectivity index (χ2n) is 3.50. The summed E-state index contributed by atoms with van der Waals surface area (Å²) in [4.78, 5) is 33.2. The molecule has 0 radical (unpaired) electrons. The monoisotopic (exact) mass is 231 g/mol. The number of carbonyl (C=O) groups excluding carboxylic acids is 3. The van der Waals surface area contributed by atoms with Gasteiger partial charge in [0.15, 0.2) is 0 Å². The van der Waals surface area contributed by atoms with Crippen LogP contribution in [0.4, 0.5) is 0 Å². The van der Waals surface area contributed by atoms with Gasteiger partial charge in [-0.25, -0.2) is 0 Å². The van der Waals surface area contributed by atoms with E-state index in [-0.39, 0.29) is 5.57 Å². The summed E-state index contributed by atoms with van der Waals surface area (Å²) >= 11 is 0. The molecule has 1 aliphatic rings. The van der Waals surface area contributed by atoms with E-state index in [1.54, 1.807) is 18.2 Å². The molecule has 1 aromatic rings. The molecule has 0 unspecified atom stereocenters. The molecule has 0 atom stereocenters. The third kappa shape index (κ3) is 2.39. The third-order valence-electron chi connectivity index (χ3n) is 2.16. The van der Waals surface area contributed by atoms with Crippen molar-refractivity contribution >= 4 is 23.4 Å². The van der Waals surface area contributed by atoms with Crippen LogP contribution in [0.2, 0.25) is 0 Å². The van der Waals surface area contributed by atoms with Gasteiger partial charge in [-0.3, -0.25) is 19.7 Å². The molecule has 5 nitrogen and oxygen atoms in total. The first-order chi connectivity index (χ1) is 8.06. The average molecular weight is 231 g/mol. The van der Waals surface area contributed by atoms with Gasteiger partial charge in [0.2, 0.25) is 0 Å². The van der Waals surface area contributed by atoms with Gasteiger partial charge in [0.25, 0.3) is 11.8 Å². The van der Waals surface area contributed by atoms with Gasteiger partial charge < -0.3 is 4.74 Å². The molecule has 0 saturated carbocycles. The van der Waals surface area contributed by atoms with Crippen LogP contribution in [0.25, 0.3) is 5.57 Å². The Morgan fingerprint density at radius 1 is 1.29 bits per heavy atom. The summed E-state index contributed by atoms with van der Waals surface area (Å²) in [6, 6.07) is 6.44. The highest BCUT2D eigenvalue weighted by Gasteiger charge is 2.22. The molecule has 5 heteroatoms. The number of esters is 1. The van der Waals surface area contributed by atoms with Crippen LogP contribution in [0.1, 0.15) is 12.5 Å². The van der Waals surface area contributed by atoms with Crippen molar-refractivity contribution in [3.8, 4) is 5.75 Å². The molecular formula is C12H9NO4. The van der Waals surface area contributed by atoms with Gasteiger partial charge in [-0.05, 0) is 17.7 Å². The lowest BCUT2D eigenvalue weighted by atomic mass is 10.1. The van der Waals surface area contributed by atoms with Gasteiger partial charge in [0.05, 0.1) is 5.57 Å². The van der Waals surface area contributed by atoms with E-state index in [1.165, 1.54) is 19.1 Å². The topological polar surface area (TPSA) is 72.5 Å². The molecule has 0 saturated heterocycles. The van der Waals surface area contributed by atoms with Gasteiger partial charge in [-0.15, -0.1) is 0 Å². The van der Waals surface area contributed by atoms with Crippen LogP contribution in [0.5, 0.6) is 5.75 Å². The van der Waals surface area contributed by atoms with E-state index in [9.17, 15) is 14.4 Å². The normalized spacial score (nSPS) is 14.3. The summed E-state index contributed by atoms with van der Waals surface area (Å²) in [5.74, 6) is -0.996. The first-order valence-electron chi connectivity index (χ1n) is 4.92. The standard InChI is InChI=1S/C12H9NO4/c1-7(14)17-9-4-2-3-8(5-9)10-6-11(15)13-12(10)16/h2-6H,1H3,(H,13,15,16). The molecule has 17 heavy (non-hydrogen) atoms. The molecule has 0 aliphatic carbocycles. The predicted octanol–water partition coefficient (Wildman–Crippen LogP) is 0.652. The van der Waals surface area contributed by atoms with Crippen molar-refractivity contribution in [3.05, 3.63) is 35.9 Å². The van der Waals surface area contributed by atoms with Gasteiger partial charge in [0, 0.05) is 13.0 Å². The lowest BCUT2D eigenvalue weighted by Gasteiger charge is -2.04. The Balaban J connectivity index is 2.34. The number of ether oxygens (including phenoxy) is 1. The van der Waals surface area contributed by atoms with E-state index in [0.29, 0.717) is 11.3 Å². The summed E-state index contributed by atoms with van der Waals surface area (Å²) in [7, 11) is 0. The van der Waals surface area contributed by atoms with Crippen LogP contribution >= 0.6 is 0 Å². The molecule has 1 heterocycles. The summed E-state index contributed by atoms with van der Waals surface area (Å²) in [5, 5.41) is 2.15. The maximum atomic E-state index is 11.4. The van der Waals surface area contributed by atoms with Crippen molar-refractivity contribution < 1.29 is 19.1 Å². The summed E-state index contributed by atoms with van der Waals surface area (Å²) in [5.41, 5.74) is 0.802. The molecule has 2 amide bonds. The van der Waals surface area contributed by atoms with Crippen LogP contribution in [0, 0.1) is 0 Å². The highest BCUT2D eigenvalue weighted by atomic mass is 16.5. The highest BCUT2D eigenvalue weighted by molar-refractivity contribution is 6.33. The molecule has 1 N–H and O–H groups in total. The molecule has 0 bridgehead atoms. The smallest absolute Gasteiger partial charge is 0.308 e. The lowest BCUT2D eigenvalue weighted by molar-refractivity contribution is -0.132. The average Bonchev–Trinajstić information content (AvgIpc) is 2.57. The van der Waals surface area contributed by atoms with Crippen molar-refractivity contribution in [2.45, 2.75) is 6.92 Å². The minimum atomic E-state index is -0.449. The Morgan fingerprint density at radius 2 is 2.06 bits per heavy atom. The molecule has 1 aromatic carbocycles. The summed E-state index contributed by atoms with van der Waals surface area (Å²) in [6.07, 6.45) is 1.22. The summed E-state index contributed by atoms with van der Waals surface area (Å²) < 4.78 is 4.89. The van der Waals surface area contributed by atoms with Gasteiger partial charge in [0.1, 0.15) is 5.75 Å². The Labute approximate surface area is 97.1 Å². The maximum Gasteiger partial charge on any atom is 0.308 e. The first kappa shape index (κ1) is 11.1. The van der Waals surface area contributed by atoms with Crippen molar-refractivity contribution in [3.63, 3.8) is 0 Å². The second kappa shape index (κ2) is 4.21. The Bertz CT molecular complexity index is 545. The number of hydrogen-bond donors (Lipinski definition) is 1. The van der Waals surface area contributed by atoms with Crippen LogP contribution in [-0.4, -0.2) is 17.8 Å². The Morgan fingerprint density at radius 3 is 2.65 bits per heavy atom. The van der Waals surface area contributed by atoms with E-state index in [2.05, 4.69) is 5.32 Å². The van der Waals surface area contributed by atoms with Crippen LogP contribution < -0.4 is 10.1 Å². The number of imide groups is 1. The largest absolute Gasteiger partial charge is 0.427 e. The van der Waals surface area contributed by atoms with Crippen molar-refractivity contribution in [1.29, 1.82) is 0 Å². The number of nitrogens with one attached hydrogen (secondary N) is 1. The van der Waals surface area contributed by atoms with E-state index < -0.39 is 17.8 Å². The van der Waals surface area contributed by atoms with E-state index in [0.717, 1.165) is 0 Å². The molecule has 1 aliphatic heterocycles. The fourth-order valence-electron chi connectivity index (χ4n) is 1.52. The van der Waals surface area contributed by atoms with Gasteiger partial charge in [-0.1, -0.05) is 12.1 Å². The van der Waals surface area contributed by atoms with Crippen LogP contribution in [0.15, 0.2) is 30.3 Å². The first-order valence-corrected chi connectivity index (χ1v) is 4.92. The predicted molar refractivity (Wildman–Crippen MR) is 58.9 cm³/mol. The highest BCUT2D eigenvalue weighted by Crippen LogP contribution is 2.22. The summed E-state index contributed by atoms with van der Waals surface area (Å²) in [6.45, 7) is 1.29. The molecule has 0 aromatic heterocycles. The molecular weight excluding hydrogens is 222 g/mol. The Kier molecular flexibility index (Phi) is 2.74. The van der Waals surface area contributed by atoms with E-state index in [4.69, 9.17) is 4.74 Å². The zero-order chi connectivity index (χ0) is 12.4. The lowest BCUT2D eigenvalue weighted by Crippen LogP contribution is -2.21. The third-order valence-corrected chi connectivity index (χ3v) is 2.16. The van der Waals surface area contributed by atoms with Crippen molar-refractivity contribution in [2.24, 2.45) is 0 Å². The fourth-order valence-corrected chi connectivity index (χ4v) is 1.52. The second-order valence-corrected chi connectivity index (χ2v) is 3.50. The van der Waals surface area contributed by atoms with Crippen LogP contribution in [0.3, 0.4) is 0 Å². The van der Waals surface area contributed by atoms with E-state index >= 15 is 0 Å². The minimum absolute atomic E-state index is 0.268. The fraction of sp³-hybridized carbons (Fsp3) is 0.0833. The SMILES string of the molecule is CC(=O)Oc1cccc(C2=CC(=O)NC2=O)c1. The van der Waals surface area contributed by atoms with Crippen molar-refractivity contribution in [2.75, 3.05) is 0 Å². The van der Waals surface area contributed by atoms with Crippen LogP contribution in [-0.2, 0) is 14.4 Å². The molecule has 0 spiro atoms. The number of carbonyl (C=O) groups is 3. The number of rotatable bonds is 2. The molecule has 0 fully saturated rings. The number of hydrogen-bond acceptors (Lipinski definition) is 4. The Hall–Kier alpha value is -2.43. The zero-order valence-corrected chi connectivity index (χ0v) is 9.02. The van der Waals surface area contributed by atoms with E-state index in [1.807, 2.05) is 0 Å². The van der Waals surface area contributed by atoms with Gasteiger partial charge >= 0.3 is 5.97 Å². The maximum absolute atomic E-state index is 11.4. The number of amides is 2. The van der Waals surface area contributed by atoms with Crippen molar-refractivity contribution in [1.82, 2.24) is 5.32 Å². The van der Waals surface area contributed by atoms with Gasteiger partial charge in [-0.2, -0.15) is 0 Å². The zero-order valence-electron chi connectivity index (χ0n) is 9.02. The molecule has 2 rings (SSSR count). The quantitative estimate of drug-likeness (QED) is 0.461. The molecule has 86 valence electrons. The minimum Gasteiger partial charge on any atom is -0.427 e. The number of benzene rings is 1.